The van der Waals surface area contributed by atoms with Gasteiger partial charge in [0.05, 0.1) is 11.1 Å². The maximum absolute atomic E-state index is 12.4. The van der Waals surface area contributed by atoms with Gasteiger partial charge in [0.15, 0.2) is 0 Å². The Morgan fingerprint density at radius 1 is 1.40 bits per heavy atom. The van der Waals surface area contributed by atoms with E-state index in [1.54, 1.807) is 0 Å². The number of halogens is 5. The highest BCUT2D eigenvalue weighted by Gasteiger charge is 2.34. The number of hydrogen-bond acceptors (Lipinski definition) is 2. The Morgan fingerprint density at radius 3 is 2.33 bits per heavy atom. The van der Waals surface area contributed by atoms with E-state index in [9.17, 15) is 18.0 Å². The second-order valence-electron chi connectivity index (χ2n) is 2.69. The number of carbonyl (C=O) groups excluding carboxylic acids is 1. The molecule has 1 aromatic carbocycles. The van der Waals surface area contributed by atoms with E-state index in [1.165, 1.54) is 0 Å². The van der Waals surface area contributed by atoms with E-state index in [1.807, 2.05) is 0 Å². The van der Waals surface area contributed by atoms with Crippen molar-refractivity contribution in [2.75, 3.05) is 5.73 Å². The van der Waals surface area contributed by atoms with E-state index in [0.29, 0.717) is 6.07 Å². The quantitative estimate of drug-likeness (QED) is 0.638. The van der Waals surface area contributed by atoms with Crippen LogP contribution in [0, 0.1) is 0 Å². The summed E-state index contributed by atoms with van der Waals surface area (Å²) < 4.78 is 36.8. The molecule has 0 fully saturated rings. The lowest BCUT2D eigenvalue weighted by Gasteiger charge is -2.11. The number of nitrogen functional groups attached to an aromatic ring is 1. The Bertz CT molecular complexity index is 419. The van der Waals surface area contributed by atoms with Crippen LogP contribution in [0.4, 0.5) is 18.9 Å². The molecule has 0 aromatic heterocycles. The fourth-order valence-corrected chi connectivity index (χ4v) is 1.71. The van der Waals surface area contributed by atoms with Crippen molar-refractivity contribution >= 4 is 38.5 Å². The number of nitrogens with two attached hydrogens (primary N) is 1. The van der Waals surface area contributed by atoms with Crippen molar-refractivity contribution in [3.8, 4) is 0 Å². The third-order valence-electron chi connectivity index (χ3n) is 1.66. The summed E-state index contributed by atoms with van der Waals surface area (Å²) in [6, 6.07) is 1.62. The first-order valence-electron chi connectivity index (χ1n) is 3.59. The third-order valence-corrected chi connectivity index (χ3v) is 2.52. The average Bonchev–Trinajstić information content (AvgIpc) is 2.06. The number of alkyl halides is 3. The highest BCUT2D eigenvalue weighted by atomic mass is 79.9. The molecule has 1 rings (SSSR count). The summed E-state index contributed by atoms with van der Waals surface area (Å²) in [5.41, 5.74) is 3.86. The van der Waals surface area contributed by atoms with Crippen LogP contribution in [0.2, 0.25) is 0 Å². The van der Waals surface area contributed by atoms with Gasteiger partial charge in [-0.05, 0) is 23.7 Å². The van der Waals surface area contributed by atoms with Gasteiger partial charge in [0.2, 0.25) is 0 Å². The van der Waals surface area contributed by atoms with Gasteiger partial charge in [0, 0.05) is 10.2 Å². The summed E-state index contributed by atoms with van der Waals surface area (Å²) in [5, 5.41) is -0.901. The lowest BCUT2D eigenvalue weighted by atomic mass is 10.1. The molecule has 2 N–H and O–H groups in total. The Hall–Kier alpha value is -0.750. The summed E-state index contributed by atoms with van der Waals surface area (Å²) in [6.07, 6.45) is -4.53. The largest absolute Gasteiger partial charge is 0.417 e. The molecule has 0 unspecified atom stereocenters. The highest BCUT2D eigenvalue weighted by molar-refractivity contribution is 9.10. The summed E-state index contributed by atoms with van der Waals surface area (Å²) >= 11 is 7.82. The molecule has 0 aliphatic heterocycles. The minimum atomic E-state index is -4.53. The Kier molecular flexibility index (Phi) is 3.30. The van der Waals surface area contributed by atoms with Crippen molar-refractivity contribution in [1.82, 2.24) is 0 Å². The Balaban J connectivity index is 3.39. The molecule has 0 atom stereocenters. The molecule has 1 aromatic rings. The molecule has 2 nitrogen and oxygen atoms in total. The van der Waals surface area contributed by atoms with Crippen molar-refractivity contribution < 1.29 is 18.0 Å². The van der Waals surface area contributed by atoms with E-state index in [0.717, 1.165) is 6.07 Å². The molecule has 0 spiro atoms. The third kappa shape index (κ3) is 2.63. The molecule has 0 amide bonds. The summed E-state index contributed by atoms with van der Waals surface area (Å²) in [6.45, 7) is 0. The molecule has 0 saturated carbocycles. The molecule has 0 aliphatic rings. The molecular weight excluding hydrogens is 298 g/mol. The van der Waals surface area contributed by atoms with E-state index >= 15 is 0 Å². The van der Waals surface area contributed by atoms with Gasteiger partial charge in [0.25, 0.3) is 5.24 Å². The summed E-state index contributed by atoms with van der Waals surface area (Å²) in [7, 11) is 0. The normalized spacial score (nSPS) is 11.5. The van der Waals surface area contributed by atoms with Crippen LogP contribution in [0.15, 0.2) is 16.6 Å². The molecule has 0 heterocycles. The van der Waals surface area contributed by atoms with Crippen LogP contribution in [-0.4, -0.2) is 5.24 Å². The first-order chi connectivity index (χ1) is 6.73. The lowest BCUT2D eigenvalue weighted by molar-refractivity contribution is -0.138. The monoisotopic (exact) mass is 301 g/mol. The number of rotatable bonds is 1. The number of anilines is 1. The number of benzene rings is 1. The first kappa shape index (κ1) is 12.3. The zero-order chi connectivity index (χ0) is 11.8. The van der Waals surface area contributed by atoms with Gasteiger partial charge in [0.1, 0.15) is 0 Å². The molecular formula is C8H4BrClF3NO. The molecule has 7 heteroatoms. The van der Waals surface area contributed by atoms with Gasteiger partial charge in [-0.25, -0.2) is 0 Å². The minimum absolute atomic E-state index is 0.156. The average molecular weight is 302 g/mol. The molecule has 0 bridgehead atoms. The molecule has 0 saturated heterocycles. The zero-order valence-corrected chi connectivity index (χ0v) is 9.37. The van der Waals surface area contributed by atoms with Gasteiger partial charge < -0.3 is 5.73 Å². The molecule has 82 valence electrons. The van der Waals surface area contributed by atoms with E-state index in [4.69, 9.17) is 17.3 Å². The predicted octanol–water partition coefficient (Wildman–Crippen LogP) is 3.43. The molecule has 15 heavy (non-hydrogen) atoms. The van der Waals surface area contributed by atoms with Crippen molar-refractivity contribution in [2.24, 2.45) is 0 Å². The summed E-state index contributed by atoms with van der Waals surface area (Å²) in [5.74, 6) is 0. The van der Waals surface area contributed by atoms with Crippen LogP contribution in [0.1, 0.15) is 15.9 Å². The van der Waals surface area contributed by atoms with Crippen molar-refractivity contribution in [2.45, 2.75) is 6.18 Å². The van der Waals surface area contributed by atoms with Gasteiger partial charge in [-0.15, -0.1) is 0 Å². The molecule has 0 aliphatic carbocycles. The van der Waals surface area contributed by atoms with Crippen LogP contribution >= 0.6 is 27.5 Å². The fourth-order valence-electron chi connectivity index (χ4n) is 0.977. The standard InChI is InChI=1S/C8H4BrClF3NO/c9-5-1-3(7(10)15)6(14)2-4(5)8(11,12)13/h1-2H,14H2. The molecule has 0 radical (unpaired) electrons. The first-order valence-corrected chi connectivity index (χ1v) is 4.76. The smallest absolute Gasteiger partial charge is 0.398 e. The van der Waals surface area contributed by atoms with E-state index < -0.39 is 17.0 Å². The van der Waals surface area contributed by atoms with E-state index in [2.05, 4.69) is 15.9 Å². The second-order valence-corrected chi connectivity index (χ2v) is 3.89. The van der Waals surface area contributed by atoms with E-state index in [-0.39, 0.29) is 15.7 Å². The van der Waals surface area contributed by atoms with Crippen LogP contribution in [-0.2, 0) is 6.18 Å². The van der Waals surface area contributed by atoms with Gasteiger partial charge in [-0.2, -0.15) is 13.2 Å². The number of hydrogen-bond donors (Lipinski definition) is 1. The van der Waals surface area contributed by atoms with Crippen molar-refractivity contribution in [3.05, 3.63) is 27.7 Å². The highest BCUT2D eigenvalue weighted by Crippen LogP contribution is 2.37. The minimum Gasteiger partial charge on any atom is -0.398 e. The van der Waals surface area contributed by atoms with Crippen molar-refractivity contribution in [1.29, 1.82) is 0 Å². The maximum atomic E-state index is 12.4. The van der Waals surface area contributed by atoms with Crippen LogP contribution in [0.25, 0.3) is 0 Å². The van der Waals surface area contributed by atoms with Crippen LogP contribution < -0.4 is 5.73 Å². The number of carbonyl (C=O) groups is 1. The van der Waals surface area contributed by atoms with Crippen LogP contribution in [0.5, 0.6) is 0 Å². The maximum Gasteiger partial charge on any atom is 0.417 e. The Morgan fingerprint density at radius 2 is 1.93 bits per heavy atom. The van der Waals surface area contributed by atoms with Gasteiger partial charge in [-0.1, -0.05) is 15.9 Å². The van der Waals surface area contributed by atoms with Gasteiger partial charge >= 0.3 is 6.18 Å². The Labute approximate surface area is 96.3 Å². The lowest BCUT2D eigenvalue weighted by Crippen LogP contribution is -2.09. The van der Waals surface area contributed by atoms with Crippen molar-refractivity contribution in [3.63, 3.8) is 0 Å². The SMILES string of the molecule is Nc1cc(C(F)(F)F)c(Br)cc1C(=O)Cl. The van der Waals surface area contributed by atoms with Crippen LogP contribution in [0.3, 0.4) is 0 Å². The predicted molar refractivity (Wildman–Crippen MR) is 53.7 cm³/mol. The topological polar surface area (TPSA) is 43.1 Å². The fraction of sp³-hybridized carbons (Fsp3) is 0.125. The summed E-state index contributed by atoms with van der Waals surface area (Å²) in [4.78, 5) is 10.8. The second kappa shape index (κ2) is 4.02. The zero-order valence-electron chi connectivity index (χ0n) is 7.03. The van der Waals surface area contributed by atoms with Gasteiger partial charge in [-0.3, -0.25) is 4.79 Å².